The fourth-order valence-corrected chi connectivity index (χ4v) is 3.11. The molecule has 0 aliphatic carbocycles. The maximum Gasteiger partial charge on any atom is 0.290 e. The number of hydrogen-bond acceptors (Lipinski definition) is 4. The van der Waals surface area contributed by atoms with Crippen molar-refractivity contribution in [3.05, 3.63) is 41.2 Å². The number of carbonyl (C=O) groups is 2. The summed E-state index contributed by atoms with van der Waals surface area (Å²) in [7, 11) is 1.56. The Labute approximate surface area is 142 Å². The second-order valence-corrected chi connectivity index (χ2v) is 5.89. The Morgan fingerprint density at radius 2 is 1.96 bits per heavy atom. The number of aliphatic hydroxyl groups is 1. The Morgan fingerprint density at radius 3 is 2.58 bits per heavy atom. The number of methoxy groups -OCH3 is 1. The molecule has 1 unspecified atom stereocenters. The van der Waals surface area contributed by atoms with Crippen LogP contribution in [0.2, 0.25) is 0 Å². The van der Waals surface area contributed by atoms with Crippen LogP contribution in [-0.2, 0) is 9.59 Å². The molecule has 1 aliphatic rings. The van der Waals surface area contributed by atoms with Crippen LogP contribution in [0, 0.1) is 0 Å². The van der Waals surface area contributed by atoms with Gasteiger partial charge in [-0.2, -0.15) is 0 Å². The highest BCUT2D eigenvalue weighted by molar-refractivity contribution is 6.08. The van der Waals surface area contributed by atoms with E-state index in [9.17, 15) is 14.7 Å². The van der Waals surface area contributed by atoms with Crippen LogP contribution >= 0.6 is 0 Å². The summed E-state index contributed by atoms with van der Waals surface area (Å²) < 4.78 is 5.41. The number of rotatable bonds is 8. The van der Waals surface area contributed by atoms with Gasteiger partial charge < -0.3 is 14.7 Å². The van der Waals surface area contributed by atoms with Crippen LogP contribution in [0.5, 0.6) is 5.75 Å². The minimum absolute atomic E-state index is 0.184. The molecule has 0 bridgehead atoms. The molecule has 1 aromatic rings. The quantitative estimate of drug-likeness (QED) is 0.740. The van der Waals surface area contributed by atoms with E-state index < -0.39 is 17.7 Å². The third-order valence-electron chi connectivity index (χ3n) is 4.36. The number of ketones is 1. The molecule has 1 N–H and O–H groups in total. The Morgan fingerprint density at radius 1 is 1.25 bits per heavy atom. The number of Topliss-reactive ketones (excluding diaryl/α,β-unsaturated/α-hetero) is 1. The van der Waals surface area contributed by atoms with Crippen LogP contribution in [-0.4, -0.2) is 35.4 Å². The van der Waals surface area contributed by atoms with E-state index in [0.717, 1.165) is 24.8 Å². The van der Waals surface area contributed by atoms with Gasteiger partial charge in [-0.25, -0.2) is 0 Å². The van der Waals surface area contributed by atoms with Crippen molar-refractivity contribution in [3.63, 3.8) is 0 Å². The van der Waals surface area contributed by atoms with Crippen LogP contribution < -0.4 is 4.74 Å². The van der Waals surface area contributed by atoms with Gasteiger partial charge in [-0.15, -0.1) is 0 Å². The maximum absolute atomic E-state index is 12.5. The molecule has 130 valence electrons. The number of carbonyl (C=O) groups excluding carboxylic acids is 2. The van der Waals surface area contributed by atoms with E-state index in [1.54, 1.807) is 25.0 Å². The van der Waals surface area contributed by atoms with Gasteiger partial charge in [0.15, 0.2) is 11.5 Å². The van der Waals surface area contributed by atoms with Crippen molar-refractivity contribution in [1.29, 1.82) is 0 Å². The first-order valence-electron chi connectivity index (χ1n) is 8.46. The van der Waals surface area contributed by atoms with E-state index in [1.165, 1.54) is 0 Å². The molecule has 1 amide bonds. The molecule has 0 fully saturated rings. The molecule has 1 aliphatic heterocycles. The summed E-state index contributed by atoms with van der Waals surface area (Å²) in [6, 6.07) is 6.73. The molecule has 0 aromatic heterocycles. The van der Waals surface area contributed by atoms with Gasteiger partial charge in [0, 0.05) is 18.5 Å². The Balaban J connectivity index is 2.49. The minimum atomic E-state index is -0.585. The number of nitrogens with zero attached hydrogens (tertiary/aromatic N) is 1. The van der Waals surface area contributed by atoms with Crippen LogP contribution in [0.15, 0.2) is 35.6 Å². The first-order valence-corrected chi connectivity index (χ1v) is 8.46. The Bertz CT molecular complexity index is 651. The SMILES string of the molecule is CCCCCN1C(=O)C(O)=C(C(=O)CC)C1c1ccccc1OC. The summed E-state index contributed by atoms with van der Waals surface area (Å²) >= 11 is 0. The molecule has 0 saturated heterocycles. The number of benzene rings is 1. The fourth-order valence-electron chi connectivity index (χ4n) is 3.11. The average Bonchev–Trinajstić information content (AvgIpc) is 2.86. The van der Waals surface area contributed by atoms with Crippen LogP contribution in [0.4, 0.5) is 0 Å². The fraction of sp³-hybridized carbons (Fsp3) is 0.474. The van der Waals surface area contributed by atoms with E-state index in [-0.39, 0.29) is 17.8 Å². The largest absolute Gasteiger partial charge is 0.503 e. The summed E-state index contributed by atoms with van der Waals surface area (Å²) in [6.07, 6.45) is 3.08. The van der Waals surface area contributed by atoms with Gasteiger partial charge in [0.25, 0.3) is 5.91 Å². The third-order valence-corrected chi connectivity index (χ3v) is 4.36. The molecule has 1 heterocycles. The molecule has 0 radical (unpaired) electrons. The van der Waals surface area contributed by atoms with E-state index >= 15 is 0 Å². The molecular weight excluding hydrogens is 306 g/mol. The van der Waals surface area contributed by atoms with Crippen molar-refractivity contribution < 1.29 is 19.4 Å². The highest BCUT2D eigenvalue weighted by Gasteiger charge is 2.43. The lowest BCUT2D eigenvalue weighted by molar-refractivity contribution is -0.129. The van der Waals surface area contributed by atoms with Crippen molar-refractivity contribution in [1.82, 2.24) is 4.90 Å². The molecule has 2 rings (SSSR count). The van der Waals surface area contributed by atoms with Gasteiger partial charge in [-0.3, -0.25) is 9.59 Å². The zero-order chi connectivity index (χ0) is 17.7. The predicted octanol–water partition coefficient (Wildman–Crippen LogP) is 3.56. The molecule has 1 atom stereocenters. The zero-order valence-corrected chi connectivity index (χ0v) is 14.5. The van der Waals surface area contributed by atoms with Gasteiger partial charge in [0.1, 0.15) is 5.75 Å². The second kappa shape index (κ2) is 7.99. The number of unbranched alkanes of at least 4 members (excludes halogenated alkanes) is 2. The number of ether oxygens (including phenoxy) is 1. The molecule has 1 aromatic carbocycles. The summed E-state index contributed by atoms with van der Waals surface area (Å²) in [5, 5.41) is 10.3. The lowest BCUT2D eigenvalue weighted by Gasteiger charge is -2.28. The number of para-hydroxylation sites is 1. The summed E-state index contributed by atoms with van der Waals surface area (Å²) in [5.41, 5.74) is 0.911. The monoisotopic (exact) mass is 331 g/mol. The van der Waals surface area contributed by atoms with E-state index in [0.29, 0.717) is 12.3 Å². The topological polar surface area (TPSA) is 66.8 Å². The van der Waals surface area contributed by atoms with Crippen LogP contribution in [0.3, 0.4) is 0 Å². The van der Waals surface area contributed by atoms with E-state index in [2.05, 4.69) is 6.92 Å². The molecule has 5 heteroatoms. The molecular formula is C19H25NO4. The van der Waals surface area contributed by atoms with Crippen molar-refractivity contribution >= 4 is 11.7 Å². The van der Waals surface area contributed by atoms with Gasteiger partial charge in [0.2, 0.25) is 0 Å². The van der Waals surface area contributed by atoms with Crippen LogP contribution in [0.1, 0.15) is 51.1 Å². The molecule has 24 heavy (non-hydrogen) atoms. The highest BCUT2D eigenvalue weighted by Crippen LogP contribution is 2.41. The third kappa shape index (κ3) is 3.30. The summed E-state index contributed by atoms with van der Waals surface area (Å²) in [6.45, 7) is 4.32. The summed E-state index contributed by atoms with van der Waals surface area (Å²) in [5.74, 6) is -0.505. The van der Waals surface area contributed by atoms with Crippen LogP contribution in [0.25, 0.3) is 0 Å². The van der Waals surface area contributed by atoms with E-state index in [4.69, 9.17) is 4.74 Å². The summed E-state index contributed by atoms with van der Waals surface area (Å²) in [4.78, 5) is 26.5. The zero-order valence-electron chi connectivity index (χ0n) is 14.5. The smallest absolute Gasteiger partial charge is 0.290 e. The second-order valence-electron chi connectivity index (χ2n) is 5.89. The first kappa shape index (κ1) is 18.0. The highest BCUT2D eigenvalue weighted by atomic mass is 16.5. The van der Waals surface area contributed by atoms with Crippen molar-refractivity contribution in [2.75, 3.05) is 13.7 Å². The van der Waals surface area contributed by atoms with Gasteiger partial charge in [-0.05, 0) is 12.5 Å². The Kier molecular flexibility index (Phi) is 6.01. The number of amides is 1. The van der Waals surface area contributed by atoms with Gasteiger partial charge >= 0.3 is 0 Å². The maximum atomic E-state index is 12.5. The van der Waals surface area contributed by atoms with Crippen molar-refractivity contribution in [3.8, 4) is 5.75 Å². The van der Waals surface area contributed by atoms with Gasteiger partial charge in [-0.1, -0.05) is 44.9 Å². The lowest BCUT2D eigenvalue weighted by atomic mass is 9.94. The Hall–Kier alpha value is -2.30. The molecule has 0 saturated carbocycles. The standard InChI is InChI=1S/C19H25NO4/c1-4-6-9-12-20-17(13-10-7-8-11-15(13)24-3)16(14(21)5-2)18(22)19(20)23/h7-8,10-11,17,22H,4-6,9,12H2,1-3H3. The number of aliphatic hydroxyl groups excluding tert-OH is 1. The molecule has 5 nitrogen and oxygen atoms in total. The van der Waals surface area contributed by atoms with Crippen molar-refractivity contribution in [2.45, 2.75) is 45.6 Å². The van der Waals surface area contributed by atoms with Gasteiger partial charge in [0.05, 0.1) is 18.7 Å². The lowest BCUT2D eigenvalue weighted by Crippen LogP contribution is -2.32. The van der Waals surface area contributed by atoms with Crippen molar-refractivity contribution in [2.24, 2.45) is 0 Å². The first-order chi connectivity index (χ1) is 11.6. The predicted molar refractivity (Wildman–Crippen MR) is 91.9 cm³/mol. The normalized spacial score (nSPS) is 17.5. The average molecular weight is 331 g/mol. The molecule has 0 spiro atoms. The number of hydrogen-bond donors (Lipinski definition) is 1. The van der Waals surface area contributed by atoms with E-state index in [1.807, 2.05) is 18.2 Å². The minimum Gasteiger partial charge on any atom is -0.503 e.